The molecule has 204 valence electrons. The van der Waals surface area contributed by atoms with Gasteiger partial charge in [0.05, 0.1) is 19.6 Å². The Morgan fingerprint density at radius 3 is 2.32 bits per heavy atom. The fourth-order valence-electron chi connectivity index (χ4n) is 4.37. The van der Waals surface area contributed by atoms with E-state index >= 15 is 4.39 Å². The third-order valence-corrected chi connectivity index (χ3v) is 6.90. The van der Waals surface area contributed by atoms with Crippen molar-refractivity contribution in [1.29, 1.82) is 0 Å². The summed E-state index contributed by atoms with van der Waals surface area (Å²) in [4.78, 5) is 40.7. The summed E-state index contributed by atoms with van der Waals surface area (Å²) in [7, 11) is 0. The van der Waals surface area contributed by atoms with Gasteiger partial charge in [-0.2, -0.15) is 0 Å². The number of hydrogen-bond donors (Lipinski definition) is 2. The minimum atomic E-state index is -1.97. The van der Waals surface area contributed by atoms with E-state index in [9.17, 15) is 14.4 Å². The summed E-state index contributed by atoms with van der Waals surface area (Å²) in [5.41, 5.74) is 1.74. The number of nitrogens with one attached hydrogen (secondary N) is 2. The van der Waals surface area contributed by atoms with Crippen molar-refractivity contribution in [2.75, 3.05) is 42.5 Å². The normalized spacial score (nSPS) is 21.1. The van der Waals surface area contributed by atoms with Gasteiger partial charge in [-0.05, 0) is 36.4 Å². The molecule has 3 amide bonds. The van der Waals surface area contributed by atoms with Gasteiger partial charge in [-0.15, -0.1) is 0 Å². The van der Waals surface area contributed by atoms with Crippen LogP contribution in [0.5, 0.6) is 0 Å². The zero-order chi connectivity index (χ0) is 27.4. The van der Waals surface area contributed by atoms with Gasteiger partial charge < -0.3 is 20.3 Å². The molecular formula is C25H27Cl3FN5O4. The molecule has 0 bridgehead atoms. The van der Waals surface area contributed by atoms with Crippen molar-refractivity contribution in [3.8, 4) is 0 Å². The number of rotatable bonds is 7. The number of anilines is 2. The number of carbonyl (C=O) groups excluding carboxylic acids is 3. The second kappa shape index (κ2) is 11.9. The number of piperazine rings is 1. The quantitative estimate of drug-likeness (QED) is 0.380. The summed E-state index contributed by atoms with van der Waals surface area (Å²) < 4.78 is 18.8. The van der Waals surface area contributed by atoms with E-state index in [1.54, 1.807) is 54.6 Å². The molecule has 0 saturated carbocycles. The zero-order valence-electron chi connectivity index (χ0n) is 20.5. The van der Waals surface area contributed by atoms with Gasteiger partial charge in [-0.3, -0.25) is 14.5 Å². The predicted molar refractivity (Wildman–Crippen MR) is 145 cm³/mol. The van der Waals surface area contributed by atoms with E-state index in [-0.39, 0.29) is 25.5 Å². The Balaban J connectivity index is 1.38. The van der Waals surface area contributed by atoms with Crippen molar-refractivity contribution >= 4 is 64.1 Å². The molecule has 2 aromatic carbocycles. The van der Waals surface area contributed by atoms with Gasteiger partial charge in [-0.1, -0.05) is 53.0 Å². The van der Waals surface area contributed by atoms with Crippen LogP contribution in [-0.4, -0.2) is 77.9 Å². The molecule has 0 radical (unpaired) electrons. The van der Waals surface area contributed by atoms with Gasteiger partial charge in [0.25, 0.3) is 5.91 Å². The van der Waals surface area contributed by atoms with Crippen LogP contribution in [0.1, 0.15) is 17.3 Å². The van der Waals surface area contributed by atoms with E-state index in [0.29, 0.717) is 24.3 Å². The van der Waals surface area contributed by atoms with Gasteiger partial charge in [-0.25, -0.2) is 14.1 Å². The highest BCUT2D eigenvalue weighted by Gasteiger charge is 2.43. The van der Waals surface area contributed by atoms with Gasteiger partial charge in [0.15, 0.2) is 6.30 Å². The Morgan fingerprint density at radius 2 is 1.71 bits per heavy atom. The third-order valence-electron chi connectivity index (χ3n) is 6.28. The Labute approximate surface area is 234 Å². The number of hydrogen-bond acceptors (Lipinski definition) is 6. The van der Waals surface area contributed by atoms with Crippen molar-refractivity contribution in [2.45, 2.75) is 29.3 Å². The third kappa shape index (κ3) is 6.79. The van der Waals surface area contributed by atoms with Crippen LogP contribution in [0.4, 0.5) is 20.6 Å². The zero-order valence-corrected chi connectivity index (χ0v) is 22.7. The molecule has 2 heterocycles. The van der Waals surface area contributed by atoms with Crippen LogP contribution in [0.15, 0.2) is 54.6 Å². The number of nitrogens with zero attached hydrogens (tertiary/aromatic N) is 3. The van der Waals surface area contributed by atoms with Gasteiger partial charge in [0.2, 0.25) is 9.70 Å². The Bertz CT molecular complexity index is 1150. The highest BCUT2D eigenvalue weighted by molar-refractivity contribution is 6.68. The molecule has 4 rings (SSSR count). The van der Waals surface area contributed by atoms with Crippen LogP contribution in [0.3, 0.4) is 0 Å². The van der Waals surface area contributed by atoms with Crippen LogP contribution < -0.4 is 20.4 Å². The number of amides is 3. The first kappa shape index (κ1) is 28.2. The molecule has 3 atom stereocenters. The molecular weight excluding hydrogens is 560 g/mol. The fourth-order valence-corrected chi connectivity index (χ4v) is 4.91. The first-order valence-corrected chi connectivity index (χ1v) is 13.1. The highest BCUT2D eigenvalue weighted by atomic mass is 35.6. The van der Waals surface area contributed by atoms with Crippen molar-refractivity contribution < 1.29 is 23.5 Å². The maximum Gasteiger partial charge on any atom is 0.414 e. The first-order valence-electron chi connectivity index (χ1n) is 11.9. The van der Waals surface area contributed by atoms with E-state index in [2.05, 4.69) is 10.6 Å². The lowest BCUT2D eigenvalue weighted by Crippen LogP contribution is -2.63. The summed E-state index contributed by atoms with van der Waals surface area (Å²) in [6, 6.07) is 15.5. The minimum absolute atomic E-state index is 0.0254. The molecule has 13 heteroatoms. The van der Waals surface area contributed by atoms with Gasteiger partial charge in [0.1, 0.15) is 12.3 Å². The van der Waals surface area contributed by atoms with E-state index in [4.69, 9.17) is 39.5 Å². The smallest absolute Gasteiger partial charge is 0.414 e. The van der Waals surface area contributed by atoms with Crippen LogP contribution >= 0.6 is 34.8 Å². The van der Waals surface area contributed by atoms with Crippen LogP contribution in [0.2, 0.25) is 0 Å². The molecule has 2 N–H and O–H groups in total. The average Bonchev–Trinajstić information content (AvgIpc) is 3.26. The molecule has 2 saturated heterocycles. The molecule has 0 spiro atoms. The second-order valence-electron chi connectivity index (χ2n) is 8.97. The van der Waals surface area contributed by atoms with Gasteiger partial charge in [0, 0.05) is 37.0 Å². The summed E-state index contributed by atoms with van der Waals surface area (Å²) in [5.74, 6) is -0.680. The van der Waals surface area contributed by atoms with Crippen molar-refractivity contribution in [3.05, 3.63) is 60.2 Å². The summed E-state index contributed by atoms with van der Waals surface area (Å²) in [5, 5.41) is 5.29. The lowest BCUT2D eigenvalue weighted by molar-refractivity contribution is -0.119. The SMILES string of the molecule is CC(=O)NCC1CN(c2ccc(N3CCN(C(NC(=O)c4ccccc4)C(Cl)(Cl)Cl)C(F)C3)cc2)C(=O)O1. The second-order valence-corrected chi connectivity index (χ2v) is 11.3. The van der Waals surface area contributed by atoms with E-state index < -0.39 is 34.4 Å². The number of benzene rings is 2. The van der Waals surface area contributed by atoms with E-state index in [1.165, 1.54) is 16.7 Å². The van der Waals surface area contributed by atoms with Crippen molar-refractivity contribution in [1.82, 2.24) is 15.5 Å². The highest BCUT2D eigenvalue weighted by Crippen LogP contribution is 2.35. The average molecular weight is 587 g/mol. The summed E-state index contributed by atoms with van der Waals surface area (Å²) in [6.07, 6.45) is -3.67. The topological polar surface area (TPSA) is 94.2 Å². The molecule has 2 aliphatic rings. The molecule has 38 heavy (non-hydrogen) atoms. The fraction of sp³-hybridized carbons (Fsp3) is 0.400. The lowest BCUT2D eigenvalue weighted by atomic mass is 10.2. The maximum absolute atomic E-state index is 15.4. The molecule has 9 nitrogen and oxygen atoms in total. The largest absolute Gasteiger partial charge is 0.442 e. The van der Waals surface area contributed by atoms with Crippen LogP contribution in [0, 0.1) is 0 Å². The van der Waals surface area contributed by atoms with Gasteiger partial charge >= 0.3 is 6.09 Å². The summed E-state index contributed by atoms with van der Waals surface area (Å²) in [6.45, 7) is 2.49. The number of cyclic esters (lactones) is 1. The number of carbonyl (C=O) groups is 3. The number of ether oxygens (including phenoxy) is 1. The molecule has 0 aliphatic carbocycles. The molecule has 2 aliphatic heterocycles. The minimum Gasteiger partial charge on any atom is -0.442 e. The van der Waals surface area contributed by atoms with Crippen molar-refractivity contribution in [2.24, 2.45) is 0 Å². The lowest BCUT2D eigenvalue weighted by Gasteiger charge is -2.44. The monoisotopic (exact) mass is 585 g/mol. The van der Waals surface area contributed by atoms with Crippen LogP contribution in [0.25, 0.3) is 0 Å². The predicted octanol–water partition coefficient (Wildman–Crippen LogP) is 3.69. The molecule has 3 unspecified atom stereocenters. The van der Waals surface area contributed by atoms with Crippen molar-refractivity contribution in [3.63, 3.8) is 0 Å². The molecule has 0 aromatic heterocycles. The maximum atomic E-state index is 15.4. The number of alkyl halides is 4. The first-order chi connectivity index (χ1) is 18.0. The Morgan fingerprint density at radius 1 is 1.05 bits per heavy atom. The van der Waals surface area contributed by atoms with E-state index in [1.807, 2.05) is 4.90 Å². The summed E-state index contributed by atoms with van der Waals surface area (Å²) >= 11 is 18.5. The molecule has 2 fully saturated rings. The Kier molecular flexibility index (Phi) is 8.87. The standard InChI is InChI=1S/C25H27Cl3FN5O4/c1-16(35)30-13-20-14-34(24(37)38-20)19-9-7-18(8-10-19)32-11-12-33(21(29)15-32)23(25(26,27)28)31-22(36)17-5-3-2-4-6-17/h2-10,20-21,23H,11-15H2,1H3,(H,30,35)(H,31,36). The van der Waals surface area contributed by atoms with E-state index in [0.717, 1.165) is 5.69 Å². The molecule has 2 aromatic rings. The van der Waals surface area contributed by atoms with Crippen LogP contribution in [-0.2, 0) is 9.53 Å². The number of halogens is 4. The Hall–Kier alpha value is -2.79.